The summed E-state index contributed by atoms with van der Waals surface area (Å²) in [7, 11) is 1.64. The second-order valence-corrected chi connectivity index (χ2v) is 4.86. The van der Waals surface area contributed by atoms with Crippen LogP contribution in [0.3, 0.4) is 0 Å². The Balaban J connectivity index is 1.80. The van der Waals surface area contributed by atoms with E-state index in [9.17, 15) is 4.79 Å². The fourth-order valence-corrected chi connectivity index (χ4v) is 2.09. The number of benzene rings is 1. The van der Waals surface area contributed by atoms with E-state index < -0.39 is 0 Å². The number of ether oxygens (including phenoxy) is 2. The lowest BCUT2D eigenvalue weighted by molar-refractivity contribution is -0.111. The standard InChI is InChI=1S/C17H21NO3/c1-20-12-13-21-16-9-7-15(8-10-16)18-17(19)11-6-14-4-2-3-5-14/h4,6-11H,2-3,5,12-13H2,1H3,(H,18,19)/b11-6-. The van der Waals surface area contributed by atoms with Crippen molar-refractivity contribution < 1.29 is 14.3 Å². The summed E-state index contributed by atoms with van der Waals surface area (Å²) in [6.45, 7) is 1.07. The molecule has 1 amide bonds. The van der Waals surface area contributed by atoms with Crippen molar-refractivity contribution in [1.29, 1.82) is 0 Å². The maximum Gasteiger partial charge on any atom is 0.248 e. The molecule has 0 spiro atoms. The van der Waals surface area contributed by atoms with Crippen LogP contribution in [-0.2, 0) is 9.53 Å². The fourth-order valence-electron chi connectivity index (χ4n) is 2.09. The van der Waals surface area contributed by atoms with Crippen molar-refractivity contribution >= 4 is 11.6 Å². The molecule has 0 atom stereocenters. The molecule has 0 bridgehead atoms. The van der Waals surface area contributed by atoms with Gasteiger partial charge in [-0.15, -0.1) is 0 Å². The fraction of sp³-hybridized carbons (Fsp3) is 0.353. The van der Waals surface area contributed by atoms with E-state index in [1.165, 1.54) is 12.0 Å². The van der Waals surface area contributed by atoms with Crippen LogP contribution in [0.5, 0.6) is 5.75 Å². The summed E-state index contributed by atoms with van der Waals surface area (Å²) in [5.74, 6) is 0.646. The van der Waals surface area contributed by atoms with E-state index in [1.807, 2.05) is 30.3 Å². The van der Waals surface area contributed by atoms with Crippen molar-refractivity contribution in [3.05, 3.63) is 48.1 Å². The van der Waals surface area contributed by atoms with Gasteiger partial charge in [-0.25, -0.2) is 0 Å². The van der Waals surface area contributed by atoms with Crippen LogP contribution in [0.1, 0.15) is 19.3 Å². The Hall–Kier alpha value is -2.07. The van der Waals surface area contributed by atoms with Crippen LogP contribution < -0.4 is 10.1 Å². The average Bonchev–Trinajstić information content (AvgIpc) is 3.01. The van der Waals surface area contributed by atoms with E-state index in [-0.39, 0.29) is 5.91 Å². The van der Waals surface area contributed by atoms with Crippen LogP contribution in [0.25, 0.3) is 0 Å². The molecule has 0 heterocycles. The van der Waals surface area contributed by atoms with Crippen molar-refractivity contribution in [3.63, 3.8) is 0 Å². The molecule has 1 N–H and O–H groups in total. The Morgan fingerprint density at radius 1 is 1.29 bits per heavy atom. The van der Waals surface area contributed by atoms with Crippen molar-refractivity contribution in [3.8, 4) is 5.75 Å². The molecule has 1 aliphatic carbocycles. The molecule has 21 heavy (non-hydrogen) atoms. The van der Waals surface area contributed by atoms with Crippen molar-refractivity contribution in [2.45, 2.75) is 19.3 Å². The predicted octanol–water partition coefficient (Wildman–Crippen LogP) is 3.32. The zero-order chi connectivity index (χ0) is 14.9. The van der Waals surface area contributed by atoms with Gasteiger partial charge in [0.25, 0.3) is 0 Å². The number of allylic oxidation sites excluding steroid dienone is 3. The summed E-state index contributed by atoms with van der Waals surface area (Å²) in [6.07, 6.45) is 9.02. The minimum Gasteiger partial charge on any atom is -0.491 e. The Morgan fingerprint density at radius 2 is 2.10 bits per heavy atom. The van der Waals surface area contributed by atoms with Crippen molar-refractivity contribution in [1.82, 2.24) is 0 Å². The predicted molar refractivity (Wildman–Crippen MR) is 83.5 cm³/mol. The monoisotopic (exact) mass is 287 g/mol. The topological polar surface area (TPSA) is 47.6 Å². The van der Waals surface area contributed by atoms with E-state index in [0.29, 0.717) is 13.2 Å². The van der Waals surface area contributed by atoms with E-state index in [1.54, 1.807) is 13.2 Å². The average molecular weight is 287 g/mol. The lowest BCUT2D eigenvalue weighted by Crippen LogP contribution is -2.08. The van der Waals surface area contributed by atoms with Gasteiger partial charge >= 0.3 is 0 Å². The highest BCUT2D eigenvalue weighted by atomic mass is 16.5. The maximum atomic E-state index is 11.8. The summed E-state index contributed by atoms with van der Waals surface area (Å²) >= 11 is 0. The highest BCUT2D eigenvalue weighted by Crippen LogP contribution is 2.19. The number of anilines is 1. The van der Waals surface area contributed by atoms with Crippen molar-refractivity contribution in [2.24, 2.45) is 0 Å². The second-order valence-electron chi connectivity index (χ2n) is 4.86. The second kappa shape index (κ2) is 8.27. The molecule has 112 valence electrons. The quantitative estimate of drug-likeness (QED) is 0.618. The lowest BCUT2D eigenvalue weighted by atomic mass is 10.2. The van der Waals surface area contributed by atoms with Gasteiger partial charge in [0.05, 0.1) is 6.61 Å². The summed E-state index contributed by atoms with van der Waals surface area (Å²) in [6, 6.07) is 7.30. The van der Waals surface area contributed by atoms with E-state index >= 15 is 0 Å². The van der Waals surface area contributed by atoms with E-state index in [2.05, 4.69) is 11.4 Å². The summed E-state index contributed by atoms with van der Waals surface area (Å²) < 4.78 is 10.4. The van der Waals surface area contributed by atoms with Gasteiger partial charge in [-0.05, 0) is 43.5 Å². The normalized spacial score (nSPS) is 14.2. The Labute approximate surface area is 125 Å². The Bertz CT molecular complexity index is 517. The first-order valence-corrected chi connectivity index (χ1v) is 7.18. The Morgan fingerprint density at radius 3 is 2.76 bits per heavy atom. The molecule has 0 saturated carbocycles. The van der Waals surface area contributed by atoms with Crippen LogP contribution in [0, 0.1) is 0 Å². The van der Waals surface area contributed by atoms with Crippen LogP contribution in [0.4, 0.5) is 5.69 Å². The minimum absolute atomic E-state index is 0.115. The molecule has 0 saturated heterocycles. The minimum atomic E-state index is -0.115. The summed E-state index contributed by atoms with van der Waals surface area (Å²) in [4.78, 5) is 11.8. The third-order valence-electron chi connectivity index (χ3n) is 3.20. The molecule has 0 aromatic heterocycles. The summed E-state index contributed by atoms with van der Waals surface area (Å²) in [5.41, 5.74) is 2.00. The number of hydrogen-bond acceptors (Lipinski definition) is 3. The number of carbonyl (C=O) groups excluding carboxylic acids is 1. The number of carbonyl (C=O) groups is 1. The highest BCUT2D eigenvalue weighted by Gasteiger charge is 2.02. The van der Waals surface area contributed by atoms with Gasteiger partial charge in [0, 0.05) is 18.9 Å². The third kappa shape index (κ3) is 5.44. The SMILES string of the molecule is COCCOc1ccc(NC(=O)/C=C\C2=CCCC2)cc1. The number of amides is 1. The third-order valence-corrected chi connectivity index (χ3v) is 3.20. The maximum absolute atomic E-state index is 11.8. The first-order valence-electron chi connectivity index (χ1n) is 7.18. The van der Waals surface area contributed by atoms with Gasteiger partial charge in [-0.2, -0.15) is 0 Å². The first kappa shape index (κ1) is 15.3. The molecule has 0 fully saturated rings. The molecule has 4 nitrogen and oxygen atoms in total. The smallest absolute Gasteiger partial charge is 0.248 e. The van der Waals surface area contributed by atoms with Crippen LogP contribution in [0.2, 0.25) is 0 Å². The Kier molecular flexibility index (Phi) is 6.03. The zero-order valence-corrected chi connectivity index (χ0v) is 12.3. The van der Waals surface area contributed by atoms with Gasteiger partial charge in [0.1, 0.15) is 12.4 Å². The molecular weight excluding hydrogens is 266 g/mol. The van der Waals surface area contributed by atoms with Crippen molar-refractivity contribution in [2.75, 3.05) is 25.6 Å². The zero-order valence-electron chi connectivity index (χ0n) is 12.3. The molecule has 0 aliphatic heterocycles. The molecule has 1 aromatic rings. The molecule has 2 rings (SSSR count). The van der Waals surface area contributed by atoms with Crippen LogP contribution >= 0.6 is 0 Å². The number of methoxy groups -OCH3 is 1. The van der Waals surface area contributed by atoms with E-state index in [4.69, 9.17) is 9.47 Å². The number of hydrogen-bond donors (Lipinski definition) is 1. The summed E-state index contributed by atoms with van der Waals surface area (Å²) in [5, 5.41) is 2.83. The molecule has 4 heteroatoms. The highest BCUT2D eigenvalue weighted by molar-refractivity contribution is 5.99. The van der Waals surface area contributed by atoms with E-state index in [0.717, 1.165) is 24.3 Å². The van der Waals surface area contributed by atoms with Crippen LogP contribution in [0.15, 0.2) is 48.1 Å². The number of nitrogens with one attached hydrogen (secondary N) is 1. The van der Waals surface area contributed by atoms with Gasteiger partial charge < -0.3 is 14.8 Å². The molecule has 1 aliphatic rings. The molecule has 1 aromatic carbocycles. The van der Waals surface area contributed by atoms with Gasteiger partial charge in [-0.1, -0.05) is 17.7 Å². The lowest BCUT2D eigenvalue weighted by Gasteiger charge is -2.07. The van der Waals surface area contributed by atoms with Gasteiger partial charge in [-0.3, -0.25) is 4.79 Å². The largest absolute Gasteiger partial charge is 0.491 e. The first-order chi connectivity index (χ1) is 10.3. The molecule has 0 radical (unpaired) electrons. The van der Waals surface area contributed by atoms with Gasteiger partial charge in [0.15, 0.2) is 0 Å². The molecular formula is C17H21NO3. The van der Waals surface area contributed by atoms with Crippen LogP contribution in [-0.4, -0.2) is 26.2 Å². The van der Waals surface area contributed by atoms with Gasteiger partial charge in [0.2, 0.25) is 5.91 Å². The molecule has 0 unspecified atom stereocenters. The number of rotatable bonds is 7.